The number of rotatable bonds is 5. The molecule has 0 aromatic heterocycles. The van der Waals surface area contributed by atoms with Crippen LogP contribution in [0.2, 0.25) is 0 Å². The molecule has 2 unspecified atom stereocenters. The van der Waals surface area contributed by atoms with Crippen LogP contribution >= 0.6 is 11.8 Å². The molecule has 0 radical (unpaired) electrons. The lowest BCUT2D eigenvalue weighted by molar-refractivity contribution is -0.138. The summed E-state index contributed by atoms with van der Waals surface area (Å²) >= 11 is 1.83. The van der Waals surface area contributed by atoms with Crippen molar-refractivity contribution in [2.75, 3.05) is 5.75 Å². The highest BCUT2D eigenvalue weighted by atomic mass is 32.2. The Labute approximate surface area is 100 Å². The number of carboxylic acid groups (broad SMARTS) is 1. The molecule has 86 valence electrons. The van der Waals surface area contributed by atoms with E-state index in [0.717, 1.165) is 18.6 Å². The Hall–Kier alpha value is -0.960. The zero-order chi connectivity index (χ0) is 11.5. The number of benzene rings is 1. The predicted octanol–water partition coefficient (Wildman–Crippen LogP) is 3.06. The van der Waals surface area contributed by atoms with Crippen molar-refractivity contribution in [2.45, 2.75) is 24.7 Å². The van der Waals surface area contributed by atoms with Gasteiger partial charge in [-0.1, -0.05) is 19.1 Å². The molecule has 1 aliphatic carbocycles. The van der Waals surface area contributed by atoms with Gasteiger partial charge in [0.15, 0.2) is 0 Å². The summed E-state index contributed by atoms with van der Waals surface area (Å²) in [5.74, 6) is 0.721. The van der Waals surface area contributed by atoms with Crippen LogP contribution in [0.15, 0.2) is 29.2 Å². The van der Waals surface area contributed by atoms with Crippen molar-refractivity contribution >= 4 is 17.7 Å². The van der Waals surface area contributed by atoms with Gasteiger partial charge in [0.2, 0.25) is 0 Å². The Bertz CT molecular complexity index is 372. The van der Waals surface area contributed by atoms with E-state index in [1.165, 1.54) is 10.5 Å². The van der Waals surface area contributed by atoms with Gasteiger partial charge in [-0.15, -0.1) is 11.8 Å². The van der Waals surface area contributed by atoms with Crippen molar-refractivity contribution in [3.8, 4) is 0 Å². The van der Waals surface area contributed by atoms with Crippen molar-refractivity contribution in [1.29, 1.82) is 0 Å². The van der Waals surface area contributed by atoms with E-state index < -0.39 is 5.97 Å². The predicted molar refractivity (Wildman–Crippen MR) is 65.8 cm³/mol. The Morgan fingerprint density at radius 3 is 2.62 bits per heavy atom. The highest BCUT2D eigenvalue weighted by Crippen LogP contribution is 2.41. The normalized spacial score (nSPS) is 23.1. The molecule has 1 saturated carbocycles. The maximum Gasteiger partial charge on any atom is 0.306 e. The van der Waals surface area contributed by atoms with Crippen LogP contribution in [0.25, 0.3) is 0 Å². The minimum absolute atomic E-state index is 0.0929. The third-order valence-corrected chi connectivity index (χ3v) is 3.87. The van der Waals surface area contributed by atoms with Crippen LogP contribution in [-0.2, 0) is 11.2 Å². The van der Waals surface area contributed by atoms with Crippen molar-refractivity contribution in [3.05, 3.63) is 29.8 Å². The van der Waals surface area contributed by atoms with Crippen LogP contribution < -0.4 is 0 Å². The van der Waals surface area contributed by atoms with Crippen LogP contribution in [0.4, 0.5) is 0 Å². The molecule has 1 fully saturated rings. The SMILES string of the molecule is CCSc1ccc(CC2CC2C(=O)O)cc1. The van der Waals surface area contributed by atoms with Gasteiger partial charge in [0.1, 0.15) is 0 Å². The van der Waals surface area contributed by atoms with Crippen molar-refractivity contribution in [2.24, 2.45) is 11.8 Å². The Balaban J connectivity index is 1.89. The fraction of sp³-hybridized carbons (Fsp3) is 0.462. The van der Waals surface area contributed by atoms with E-state index in [1.54, 1.807) is 0 Å². The third-order valence-electron chi connectivity index (χ3n) is 2.97. The van der Waals surface area contributed by atoms with E-state index in [9.17, 15) is 4.79 Å². The summed E-state index contributed by atoms with van der Waals surface area (Å²) in [5.41, 5.74) is 1.26. The molecule has 2 atom stereocenters. The number of carbonyl (C=O) groups is 1. The molecule has 0 spiro atoms. The lowest BCUT2D eigenvalue weighted by Gasteiger charge is -2.02. The molecule has 0 saturated heterocycles. The zero-order valence-electron chi connectivity index (χ0n) is 9.35. The molecule has 0 bridgehead atoms. The van der Waals surface area contributed by atoms with E-state index >= 15 is 0 Å². The second-order valence-electron chi connectivity index (χ2n) is 4.22. The molecule has 16 heavy (non-hydrogen) atoms. The van der Waals surface area contributed by atoms with Crippen molar-refractivity contribution in [3.63, 3.8) is 0 Å². The van der Waals surface area contributed by atoms with Gasteiger partial charge in [-0.25, -0.2) is 0 Å². The summed E-state index contributed by atoms with van der Waals surface area (Å²) in [6.07, 6.45) is 1.76. The summed E-state index contributed by atoms with van der Waals surface area (Å²) < 4.78 is 0. The first-order valence-electron chi connectivity index (χ1n) is 5.65. The number of hydrogen-bond donors (Lipinski definition) is 1. The van der Waals surface area contributed by atoms with Gasteiger partial charge in [-0.05, 0) is 42.2 Å². The fourth-order valence-electron chi connectivity index (χ4n) is 1.97. The molecule has 3 heteroatoms. The zero-order valence-corrected chi connectivity index (χ0v) is 10.2. The molecule has 1 aromatic rings. The Kier molecular flexibility index (Phi) is 3.54. The first-order chi connectivity index (χ1) is 7.70. The topological polar surface area (TPSA) is 37.3 Å². The first-order valence-corrected chi connectivity index (χ1v) is 6.63. The van der Waals surface area contributed by atoms with Crippen LogP contribution in [0.5, 0.6) is 0 Å². The molecule has 1 aliphatic rings. The number of hydrogen-bond acceptors (Lipinski definition) is 2. The van der Waals surface area contributed by atoms with E-state index in [1.807, 2.05) is 11.8 Å². The van der Waals surface area contributed by atoms with E-state index in [0.29, 0.717) is 5.92 Å². The molecular weight excluding hydrogens is 220 g/mol. The second-order valence-corrected chi connectivity index (χ2v) is 5.56. The molecule has 0 aliphatic heterocycles. The average molecular weight is 236 g/mol. The van der Waals surface area contributed by atoms with Crippen molar-refractivity contribution in [1.82, 2.24) is 0 Å². The van der Waals surface area contributed by atoms with E-state index in [4.69, 9.17) is 5.11 Å². The number of thioether (sulfide) groups is 1. The van der Waals surface area contributed by atoms with Gasteiger partial charge in [0.25, 0.3) is 0 Å². The van der Waals surface area contributed by atoms with Gasteiger partial charge >= 0.3 is 5.97 Å². The van der Waals surface area contributed by atoms with E-state index in [2.05, 4.69) is 31.2 Å². The van der Waals surface area contributed by atoms with E-state index in [-0.39, 0.29) is 5.92 Å². The fourth-order valence-corrected chi connectivity index (χ4v) is 2.63. The third kappa shape index (κ3) is 2.79. The summed E-state index contributed by atoms with van der Waals surface area (Å²) in [5, 5.41) is 8.81. The highest BCUT2D eigenvalue weighted by Gasteiger charge is 2.42. The van der Waals surface area contributed by atoms with Crippen LogP contribution in [-0.4, -0.2) is 16.8 Å². The van der Waals surface area contributed by atoms with Gasteiger partial charge in [0, 0.05) is 4.90 Å². The minimum Gasteiger partial charge on any atom is -0.481 e. The molecule has 2 rings (SSSR count). The maximum atomic E-state index is 10.7. The molecule has 2 nitrogen and oxygen atoms in total. The van der Waals surface area contributed by atoms with Crippen LogP contribution in [0.1, 0.15) is 18.9 Å². The Morgan fingerprint density at radius 1 is 1.44 bits per heavy atom. The van der Waals surface area contributed by atoms with Gasteiger partial charge in [-0.3, -0.25) is 4.79 Å². The quantitative estimate of drug-likeness (QED) is 0.798. The molecular formula is C13H16O2S. The van der Waals surface area contributed by atoms with Gasteiger partial charge in [-0.2, -0.15) is 0 Å². The second kappa shape index (κ2) is 4.91. The van der Waals surface area contributed by atoms with Gasteiger partial charge in [0.05, 0.1) is 5.92 Å². The number of carboxylic acids is 1. The first kappa shape index (κ1) is 11.5. The smallest absolute Gasteiger partial charge is 0.306 e. The Morgan fingerprint density at radius 2 is 2.12 bits per heavy atom. The monoisotopic (exact) mass is 236 g/mol. The molecule has 0 heterocycles. The summed E-state index contributed by atoms with van der Waals surface area (Å²) in [7, 11) is 0. The molecule has 1 N–H and O–H groups in total. The summed E-state index contributed by atoms with van der Waals surface area (Å²) in [4.78, 5) is 12.0. The van der Waals surface area contributed by atoms with Crippen molar-refractivity contribution < 1.29 is 9.90 Å². The van der Waals surface area contributed by atoms with Crippen LogP contribution in [0.3, 0.4) is 0 Å². The average Bonchev–Trinajstić information content (AvgIpc) is 3.01. The minimum atomic E-state index is -0.636. The maximum absolute atomic E-state index is 10.7. The summed E-state index contributed by atoms with van der Waals surface area (Å²) in [6.45, 7) is 2.14. The molecule has 1 aromatic carbocycles. The van der Waals surface area contributed by atoms with Gasteiger partial charge < -0.3 is 5.11 Å². The standard InChI is InChI=1S/C13H16O2S/c1-2-16-11-5-3-9(4-6-11)7-10-8-12(10)13(14)15/h3-6,10,12H,2,7-8H2,1H3,(H,14,15). The number of aliphatic carboxylic acids is 1. The highest BCUT2D eigenvalue weighted by molar-refractivity contribution is 7.99. The lowest BCUT2D eigenvalue weighted by atomic mass is 10.1. The lowest BCUT2D eigenvalue weighted by Crippen LogP contribution is -2.01. The molecule has 0 amide bonds. The largest absolute Gasteiger partial charge is 0.481 e. The van der Waals surface area contributed by atoms with Crippen LogP contribution in [0, 0.1) is 11.8 Å². The summed E-state index contributed by atoms with van der Waals surface area (Å²) in [6, 6.07) is 8.49.